The van der Waals surface area contributed by atoms with Gasteiger partial charge in [0.1, 0.15) is 0 Å². The monoisotopic (exact) mass is 237 g/mol. The molecule has 4 nitrogen and oxygen atoms in total. The molecule has 17 heavy (non-hydrogen) atoms. The van der Waals surface area contributed by atoms with Crippen molar-refractivity contribution in [3.8, 4) is 0 Å². The van der Waals surface area contributed by atoms with Crippen LogP contribution in [-0.4, -0.2) is 9.97 Å². The molecular weight excluding hydrogens is 214 g/mol. The molecule has 0 aliphatic carbocycles. The van der Waals surface area contributed by atoms with Crippen molar-refractivity contribution >= 4 is 5.95 Å². The van der Waals surface area contributed by atoms with E-state index in [9.17, 15) is 4.79 Å². The van der Waals surface area contributed by atoms with Gasteiger partial charge >= 0.3 is 0 Å². The SMILES string of the molecule is CCCCCCC(C)(C)c1cnc(N)[nH]c1=O. The number of nitrogen functional groups attached to an aromatic ring is 1. The highest BCUT2D eigenvalue weighted by molar-refractivity contribution is 5.23. The first kappa shape index (κ1) is 13.7. The van der Waals surface area contributed by atoms with E-state index >= 15 is 0 Å². The highest BCUT2D eigenvalue weighted by Gasteiger charge is 2.23. The molecule has 3 N–H and O–H groups in total. The minimum atomic E-state index is -0.137. The third-order valence-electron chi connectivity index (χ3n) is 3.20. The van der Waals surface area contributed by atoms with Crippen molar-refractivity contribution in [3.63, 3.8) is 0 Å². The van der Waals surface area contributed by atoms with Gasteiger partial charge < -0.3 is 5.73 Å². The average Bonchev–Trinajstić information content (AvgIpc) is 2.24. The van der Waals surface area contributed by atoms with E-state index in [1.807, 2.05) is 0 Å². The molecule has 0 bridgehead atoms. The summed E-state index contributed by atoms with van der Waals surface area (Å²) in [7, 11) is 0. The number of rotatable bonds is 6. The van der Waals surface area contributed by atoms with Gasteiger partial charge in [0.2, 0.25) is 0 Å². The predicted molar refractivity (Wildman–Crippen MR) is 71.1 cm³/mol. The van der Waals surface area contributed by atoms with Crippen molar-refractivity contribution < 1.29 is 0 Å². The number of hydrogen-bond donors (Lipinski definition) is 2. The number of nitrogens with zero attached hydrogens (tertiary/aromatic N) is 1. The van der Waals surface area contributed by atoms with Crippen LogP contribution in [0.3, 0.4) is 0 Å². The molecule has 96 valence electrons. The van der Waals surface area contributed by atoms with Crippen molar-refractivity contribution in [2.24, 2.45) is 0 Å². The molecule has 1 rings (SSSR count). The van der Waals surface area contributed by atoms with Crippen molar-refractivity contribution in [3.05, 3.63) is 22.1 Å². The summed E-state index contributed by atoms with van der Waals surface area (Å²) in [5.41, 5.74) is 5.92. The maximum absolute atomic E-state index is 11.8. The molecule has 4 heteroatoms. The second kappa shape index (κ2) is 5.84. The van der Waals surface area contributed by atoms with Gasteiger partial charge in [0.05, 0.1) is 0 Å². The molecule has 0 aliphatic heterocycles. The van der Waals surface area contributed by atoms with Gasteiger partial charge in [-0.25, -0.2) is 4.98 Å². The normalized spacial score (nSPS) is 11.7. The summed E-state index contributed by atoms with van der Waals surface area (Å²) >= 11 is 0. The number of nitrogens with two attached hydrogens (primary N) is 1. The first-order chi connectivity index (χ1) is 7.97. The molecule has 0 aromatic carbocycles. The van der Waals surface area contributed by atoms with Crippen molar-refractivity contribution in [2.45, 2.75) is 58.3 Å². The van der Waals surface area contributed by atoms with Gasteiger partial charge in [0.25, 0.3) is 5.56 Å². The lowest BCUT2D eigenvalue weighted by molar-refractivity contribution is 0.440. The van der Waals surface area contributed by atoms with Gasteiger partial charge in [-0.3, -0.25) is 9.78 Å². The van der Waals surface area contributed by atoms with Crippen LogP contribution in [0.25, 0.3) is 0 Å². The molecule has 0 amide bonds. The quantitative estimate of drug-likeness (QED) is 0.747. The van der Waals surface area contributed by atoms with Crippen LogP contribution in [0.4, 0.5) is 5.95 Å². The maximum Gasteiger partial charge on any atom is 0.255 e. The summed E-state index contributed by atoms with van der Waals surface area (Å²) in [5, 5.41) is 0. The van der Waals surface area contributed by atoms with Gasteiger partial charge in [-0.2, -0.15) is 0 Å². The molecule has 0 aliphatic rings. The number of aromatic nitrogens is 2. The smallest absolute Gasteiger partial charge is 0.255 e. The van der Waals surface area contributed by atoms with Crippen LogP contribution < -0.4 is 11.3 Å². The Morgan fingerprint density at radius 1 is 1.35 bits per heavy atom. The van der Waals surface area contributed by atoms with Gasteiger partial charge in [-0.15, -0.1) is 0 Å². The molecule has 0 saturated carbocycles. The fourth-order valence-corrected chi connectivity index (χ4v) is 2.02. The van der Waals surface area contributed by atoms with E-state index in [2.05, 4.69) is 30.7 Å². The van der Waals surface area contributed by atoms with Gasteiger partial charge in [-0.1, -0.05) is 46.5 Å². The van der Waals surface area contributed by atoms with Crippen LogP contribution in [0.2, 0.25) is 0 Å². The molecule has 0 spiro atoms. The summed E-state index contributed by atoms with van der Waals surface area (Å²) in [6, 6.07) is 0. The van der Waals surface area contributed by atoms with E-state index in [1.165, 1.54) is 19.3 Å². The number of anilines is 1. The average molecular weight is 237 g/mol. The number of unbranched alkanes of at least 4 members (excludes halogenated alkanes) is 3. The van der Waals surface area contributed by atoms with E-state index in [4.69, 9.17) is 5.73 Å². The standard InChI is InChI=1S/C13H23N3O/c1-4-5-6-7-8-13(2,3)10-9-15-12(14)16-11(10)17/h9H,4-8H2,1-3H3,(H3,14,15,16,17). The minimum absolute atomic E-state index is 0.113. The Hall–Kier alpha value is -1.32. The summed E-state index contributed by atoms with van der Waals surface area (Å²) in [4.78, 5) is 18.3. The minimum Gasteiger partial charge on any atom is -0.369 e. The van der Waals surface area contributed by atoms with Crippen molar-refractivity contribution in [2.75, 3.05) is 5.73 Å². The van der Waals surface area contributed by atoms with Crippen LogP contribution in [0.1, 0.15) is 58.4 Å². The molecule has 0 radical (unpaired) electrons. The van der Waals surface area contributed by atoms with Gasteiger partial charge in [0, 0.05) is 11.8 Å². The number of H-pyrrole nitrogens is 1. The molecule has 0 atom stereocenters. The zero-order valence-corrected chi connectivity index (χ0v) is 11.0. The summed E-state index contributed by atoms with van der Waals surface area (Å²) < 4.78 is 0. The van der Waals surface area contributed by atoms with E-state index < -0.39 is 0 Å². The molecule has 0 saturated heterocycles. The first-order valence-corrected chi connectivity index (χ1v) is 6.32. The highest BCUT2D eigenvalue weighted by Crippen LogP contribution is 2.26. The van der Waals surface area contributed by atoms with Gasteiger partial charge in [-0.05, 0) is 11.8 Å². The Morgan fingerprint density at radius 2 is 2.06 bits per heavy atom. The van der Waals surface area contributed by atoms with E-state index in [0.717, 1.165) is 18.4 Å². The Kier molecular flexibility index (Phi) is 4.73. The number of nitrogens with one attached hydrogen (secondary N) is 1. The zero-order valence-electron chi connectivity index (χ0n) is 11.0. The van der Waals surface area contributed by atoms with E-state index in [-0.39, 0.29) is 16.9 Å². The van der Waals surface area contributed by atoms with Crippen LogP contribution >= 0.6 is 0 Å². The summed E-state index contributed by atoms with van der Waals surface area (Å²) in [5.74, 6) is 0.181. The van der Waals surface area contributed by atoms with E-state index in [1.54, 1.807) is 6.20 Å². The highest BCUT2D eigenvalue weighted by atomic mass is 16.1. The third kappa shape index (κ3) is 3.88. The number of aromatic amines is 1. The fourth-order valence-electron chi connectivity index (χ4n) is 2.02. The first-order valence-electron chi connectivity index (χ1n) is 6.32. The Labute approximate surface area is 103 Å². The zero-order chi connectivity index (χ0) is 12.9. The van der Waals surface area contributed by atoms with Crippen molar-refractivity contribution in [1.29, 1.82) is 0 Å². The summed E-state index contributed by atoms with van der Waals surface area (Å²) in [6.45, 7) is 6.36. The number of hydrogen-bond acceptors (Lipinski definition) is 3. The molecule has 1 heterocycles. The lowest BCUT2D eigenvalue weighted by Gasteiger charge is -2.23. The Balaban J connectivity index is 2.71. The van der Waals surface area contributed by atoms with Crippen LogP contribution in [0.15, 0.2) is 11.0 Å². The lowest BCUT2D eigenvalue weighted by Crippen LogP contribution is -2.28. The summed E-state index contributed by atoms with van der Waals surface area (Å²) in [6.07, 6.45) is 7.46. The molecule has 0 unspecified atom stereocenters. The molecule has 0 fully saturated rings. The van der Waals surface area contributed by atoms with Crippen LogP contribution in [-0.2, 0) is 5.41 Å². The third-order valence-corrected chi connectivity index (χ3v) is 3.20. The Bertz CT molecular complexity index is 409. The fraction of sp³-hybridized carbons (Fsp3) is 0.692. The lowest BCUT2D eigenvalue weighted by atomic mass is 9.81. The van der Waals surface area contributed by atoms with Crippen LogP contribution in [0.5, 0.6) is 0 Å². The largest absolute Gasteiger partial charge is 0.369 e. The maximum atomic E-state index is 11.8. The van der Waals surface area contributed by atoms with Gasteiger partial charge in [0.15, 0.2) is 5.95 Å². The Morgan fingerprint density at radius 3 is 2.65 bits per heavy atom. The van der Waals surface area contributed by atoms with Crippen molar-refractivity contribution in [1.82, 2.24) is 9.97 Å². The molecular formula is C13H23N3O. The van der Waals surface area contributed by atoms with E-state index in [0.29, 0.717) is 0 Å². The molecule has 1 aromatic heterocycles. The second-order valence-corrected chi connectivity index (χ2v) is 5.21. The molecule has 1 aromatic rings. The second-order valence-electron chi connectivity index (χ2n) is 5.21. The van der Waals surface area contributed by atoms with Crippen LogP contribution in [0, 0.1) is 0 Å². The topological polar surface area (TPSA) is 71.8 Å². The predicted octanol–water partition coefficient (Wildman–Crippen LogP) is 2.60.